The molecule has 0 aliphatic carbocycles. The van der Waals surface area contributed by atoms with E-state index in [0.717, 1.165) is 66.8 Å². The molecule has 0 aromatic heterocycles. The summed E-state index contributed by atoms with van der Waals surface area (Å²) in [5.41, 5.74) is 11.5. The lowest BCUT2D eigenvalue weighted by Gasteiger charge is -2.19. The summed E-state index contributed by atoms with van der Waals surface area (Å²) in [5.74, 6) is 0.658. The summed E-state index contributed by atoms with van der Waals surface area (Å²) in [7, 11) is 0. The van der Waals surface area contributed by atoms with Gasteiger partial charge in [0, 0.05) is 26.2 Å². The van der Waals surface area contributed by atoms with Crippen LogP contribution in [0.25, 0.3) is 22.3 Å². The minimum Gasteiger partial charge on any atom is -0.484 e. The fraction of sp³-hybridized carbons (Fsp3) is 0.125. The average Bonchev–Trinajstić information content (AvgIpc) is 3.47. The molecule has 8 aromatic carbocycles. The molecule has 0 saturated heterocycles. The van der Waals surface area contributed by atoms with Gasteiger partial charge in [0.1, 0.15) is 23.0 Å². The standard InChI is InChI=1S/C64H56N4O8/c69-57-41-73-53-29-21-49(22-30-53)63(61(45-13-5-1-6-14-45)46-15-7-2-8-16-46)50-23-31-54(32-24-50)74-42-58(70)66-38-40-68-60(72)44-76-56-35-27-52(28-36-56)64(62(47-17-9-3-10-18-47)48-19-11-4-12-20-48)51-25-33-55(34-26-51)75-43-59(71)67-39-37-65-57/h1-36H,37-44H2,(H,65,69)(H,66,70)(H,67,71)(H,68,72). The molecule has 12 nitrogen and oxygen atoms in total. The molecule has 12 heteroatoms. The summed E-state index contributed by atoms with van der Waals surface area (Å²) >= 11 is 0. The molecule has 7 aliphatic rings. The highest BCUT2D eigenvalue weighted by Crippen LogP contribution is 2.40. The molecule has 0 spiro atoms. The number of ether oxygens (including phenoxy) is 4. The summed E-state index contributed by atoms with van der Waals surface area (Å²) in [6, 6.07) is 70.9. The third-order valence-corrected chi connectivity index (χ3v) is 12.3. The van der Waals surface area contributed by atoms with E-state index < -0.39 is 0 Å². The summed E-state index contributed by atoms with van der Waals surface area (Å²) in [6.45, 7) is -0.125. The van der Waals surface area contributed by atoms with Crippen molar-refractivity contribution in [1.29, 1.82) is 0 Å². The van der Waals surface area contributed by atoms with Crippen molar-refractivity contribution >= 4 is 45.9 Å². The molecule has 8 aromatic rings. The van der Waals surface area contributed by atoms with Crippen LogP contribution in [0.4, 0.5) is 0 Å². The number of nitrogens with one attached hydrogen (secondary N) is 4. The van der Waals surface area contributed by atoms with Crippen molar-refractivity contribution in [3.63, 3.8) is 0 Å². The van der Waals surface area contributed by atoms with Crippen LogP contribution < -0.4 is 40.2 Å². The van der Waals surface area contributed by atoms with E-state index in [1.54, 1.807) is 0 Å². The minimum absolute atomic E-state index is 0.192. The van der Waals surface area contributed by atoms with Gasteiger partial charge in [-0.2, -0.15) is 0 Å². The Morgan fingerprint density at radius 2 is 0.461 bits per heavy atom. The molecule has 380 valence electrons. The van der Waals surface area contributed by atoms with E-state index in [1.165, 1.54) is 0 Å². The summed E-state index contributed by atoms with van der Waals surface area (Å²) in [5, 5.41) is 11.2. The highest BCUT2D eigenvalue weighted by molar-refractivity contribution is 6.06. The maximum atomic E-state index is 12.9. The van der Waals surface area contributed by atoms with Crippen LogP contribution >= 0.6 is 0 Å². The minimum atomic E-state index is -0.339. The van der Waals surface area contributed by atoms with Crippen molar-refractivity contribution in [2.75, 3.05) is 52.6 Å². The van der Waals surface area contributed by atoms with Gasteiger partial charge in [0.2, 0.25) is 0 Å². The lowest BCUT2D eigenvalue weighted by atomic mass is 9.86. The van der Waals surface area contributed by atoms with Crippen LogP contribution in [0.3, 0.4) is 0 Å². The first kappa shape index (κ1) is 51.2. The molecule has 7 aliphatic heterocycles. The molecule has 0 fully saturated rings. The second-order valence-corrected chi connectivity index (χ2v) is 17.6. The maximum absolute atomic E-state index is 12.9. The van der Waals surface area contributed by atoms with E-state index in [4.69, 9.17) is 18.9 Å². The highest BCUT2D eigenvalue weighted by atomic mass is 16.5. The van der Waals surface area contributed by atoms with Crippen molar-refractivity contribution in [3.05, 3.63) is 263 Å². The van der Waals surface area contributed by atoms with Gasteiger partial charge in [-0.25, -0.2) is 0 Å². The van der Waals surface area contributed by atoms with Gasteiger partial charge in [0.05, 0.1) is 0 Å². The number of amides is 4. The Hall–Kier alpha value is -9.68. The van der Waals surface area contributed by atoms with Crippen molar-refractivity contribution in [2.24, 2.45) is 0 Å². The number of carbonyl (C=O) groups is 4. The van der Waals surface area contributed by atoms with Gasteiger partial charge in [-0.15, -0.1) is 0 Å². The first-order valence-electron chi connectivity index (χ1n) is 25.0. The molecule has 4 N–H and O–H groups in total. The van der Waals surface area contributed by atoms with Crippen LogP contribution in [0.15, 0.2) is 218 Å². The van der Waals surface area contributed by atoms with Gasteiger partial charge in [-0.3, -0.25) is 19.2 Å². The quantitative estimate of drug-likeness (QED) is 0.136. The fourth-order valence-corrected chi connectivity index (χ4v) is 8.72. The van der Waals surface area contributed by atoms with Crippen LogP contribution in [-0.2, 0) is 19.2 Å². The zero-order valence-electron chi connectivity index (χ0n) is 41.7. The Bertz CT molecular complexity index is 2830. The number of rotatable bonds is 4. The lowest BCUT2D eigenvalue weighted by Crippen LogP contribution is -2.38. The summed E-state index contributed by atoms with van der Waals surface area (Å²) in [4.78, 5) is 51.5. The third-order valence-electron chi connectivity index (χ3n) is 12.3. The number of benzene rings is 8. The molecule has 0 radical (unpaired) electrons. The van der Waals surface area contributed by atoms with Crippen LogP contribution in [0.5, 0.6) is 23.0 Å². The van der Waals surface area contributed by atoms with Crippen LogP contribution in [0, 0.1) is 0 Å². The predicted molar refractivity (Wildman–Crippen MR) is 296 cm³/mol. The molecule has 4 amide bonds. The molecule has 0 saturated carbocycles. The van der Waals surface area contributed by atoms with E-state index in [9.17, 15) is 19.2 Å². The van der Waals surface area contributed by atoms with Crippen LogP contribution in [0.1, 0.15) is 44.5 Å². The van der Waals surface area contributed by atoms with Gasteiger partial charge < -0.3 is 40.2 Å². The Morgan fingerprint density at radius 3 is 0.658 bits per heavy atom. The second-order valence-electron chi connectivity index (χ2n) is 17.6. The Morgan fingerprint density at radius 1 is 0.263 bits per heavy atom. The number of hydrogen-bond donors (Lipinski definition) is 4. The molecule has 0 atom stereocenters. The van der Waals surface area contributed by atoms with Crippen molar-refractivity contribution < 1.29 is 38.1 Å². The predicted octanol–water partition coefficient (Wildman–Crippen LogP) is 9.40. The van der Waals surface area contributed by atoms with Crippen molar-refractivity contribution in [3.8, 4) is 23.0 Å². The number of carbonyl (C=O) groups excluding carboxylic acids is 4. The van der Waals surface area contributed by atoms with E-state index in [1.807, 2.05) is 170 Å². The van der Waals surface area contributed by atoms with Gasteiger partial charge >= 0.3 is 0 Å². The summed E-state index contributed by atoms with van der Waals surface area (Å²) < 4.78 is 23.6. The first-order chi connectivity index (χ1) is 37.3. The average molecular weight is 1010 g/mol. The monoisotopic (exact) mass is 1010 g/mol. The Kier molecular flexibility index (Phi) is 17.4. The van der Waals surface area contributed by atoms with E-state index in [2.05, 4.69) is 69.8 Å². The number of hydrogen-bond acceptors (Lipinski definition) is 8. The molecular weight excluding hydrogens is 953 g/mol. The lowest BCUT2D eigenvalue weighted by molar-refractivity contribution is -0.124. The normalized spacial score (nSPS) is 14.3. The SMILES string of the molecule is O=C1COc2ccc(cc2)C(=C(c2ccccc2)c2ccccc2)c2ccc(cc2)OCC(=O)NCCNC(=O)COc2ccc(cc2)C(=C(c2ccccc2)c2ccccc2)c2ccc(cc2)OCC(=O)NCCN1. The van der Waals surface area contributed by atoms with E-state index >= 15 is 0 Å². The van der Waals surface area contributed by atoms with Gasteiger partial charge in [0.25, 0.3) is 23.6 Å². The summed E-state index contributed by atoms with van der Waals surface area (Å²) in [6.07, 6.45) is 0. The third kappa shape index (κ3) is 13.9. The van der Waals surface area contributed by atoms with Crippen molar-refractivity contribution in [1.82, 2.24) is 21.3 Å². The molecular formula is C64H56N4O8. The van der Waals surface area contributed by atoms with Gasteiger partial charge in [0.15, 0.2) is 26.4 Å². The smallest absolute Gasteiger partial charge is 0.258 e. The first-order valence-corrected chi connectivity index (χ1v) is 25.0. The highest BCUT2D eigenvalue weighted by Gasteiger charge is 2.19. The van der Waals surface area contributed by atoms with Crippen molar-refractivity contribution in [2.45, 2.75) is 0 Å². The largest absolute Gasteiger partial charge is 0.484 e. The maximum Gasteiger partial charge on any atom is 0.258 e. The molecule has 8 bridgehead atoms. The van der Waals surface area contributed by atoms with E-state index in [-0.39, 0.29) is 76.2 Å². The zero-order valence-corrected chi connectivity index (χ0v) is 41.7. The molecule has 0 unspecified atom stereocenters. The molecule has 7 heterocycles. The fourth-order valence-electron chi connectivity index (χ4n) is 8.72. The molecule has 76 heavy (non-hydrogen) atoms. The van der Waals surface area contributed by atoms with Gasteiger partial charge in [-0.05, 0) is 115 Å². The second kappa shape index (κ2) is 25.8. The Balaban J connectivity index is 0.938. The van der Waals surface area contributed by atoms with E-state index in [0.29, 0.717) is 23.0 Å². The van der Waals surface area contributed by atoms with Gasteiger partial charge in [-0.1, -0.05) is 170 Å². The van der Waals surface area contributed by atoms with Crippen LogP contribution in [-0.4, -0.2) is 76.2 Å². The zero-order chi connectivity index (χ0) is 52.3. The Labute approximate surface area is 442 Å². The topological polar surface area (TPSA) is 153 Å². The van der Waals surface area contributed by atoms with Crippen LogP contribution in [0.2, 0.25) is 0 Å². The molecule has 15 rings (SSSR count).